The van der Waals surface area contributed by atoms with Crippen molar-refractivity contribution < 1.29 is 27.3 Å². The molecule has 0 spiro atoms. The van der Waals surface area contributed by atoms with Crippen molar-refractivity contribution in [3.8, 4) is 5.75 Å². The topological polar surface area (TPSA) is 42.0 Å². The quantitative estimate of drug-likeness (QED) is 0.171. The Balaban J connectivity index is 0.000000278. The summed E-state index contributed by atoms with van der Waals surface area (Å²) in [7, 11) is 12.4. The van der Waals surface area contributed by atoms with E-state index in [0.29, 0.717) is 17.7 Å². The van der Waals surface area contributed by atoms with Gasteiger partial charge in [-0.2, -0.15) is 6.42 Å². The molecule has 0 saturated carbocycles. The van der Waals surface area contributed by atoms with Gasteiger partial charge in [0.1, 0.15) is 0 Å². The van der Waals surface area contributed by atoms with Crippen LogP contribution in [0, 0.1) is 27.3 Å². The van der Waals surface area contributed by atoms with E-state index in [-0.39, 0.29) is 6.10 Å². The molecule has 204 valence electrons. The SMILES string of the molecule is CCOP(=O)(c1ccc(OC(C)C)c([CH]=[Ru]([Cl])[Cl])c1)N(C)C.Cc1cc(C)c(N2[CH-]CCC2)c(C)c1. The molecule has 1 heterocycles. The Morgan fingerprint density at radius 3 is 2.28 bits per heavy atom. The van der Waals surface area contributed by atoms with Crippen molar-refractivity contribution in [2.75, 3.05) is 32.1 Å². The molecule has 36 heavy (non-hydrogen) atoms. The molecule has 3 rings (SSSR count). The maximum absolute atomic E-state index is 13.1. The molecule has 0 N–H and O–H groups in total. The van der Waals surface area contributed by atoms with E-state index in [1.165, 1.54) is 41.8 Å². The largest absolute Gasteiger partial charge is 0.522 e. The average Bonchev–Trinajstić information content (AvgIpc) is 3.28. The van der Waals surface area contributed by atoms with Crippen molar-refractivity contribution in [3.63, 3.8) is 0 Å². The second kappa shape index (κ2) is 14.4. The third-order valence-electron chi connectivity index (χ3n) is 5.58. The Kier molecular flexibility index (Phi) is 12.6. The third kappa shape index (κ3) is 8.65. The van der Waals surface area contributed by atoms with Crippen molar-refractivity contribution >= 4 is 42.5 Å². The number of rotatable bonds is 8. The van der Waals surface area contributed by atoms with Gasteiger partial charge in [-0.1, -0.05) is 24.1 Å². The number of hydrogen-bond donors (Lipinski definition) is 0. The standard InChI is InChI=1S/C14H22NO3P.C13H18N.2ClH.Ru/c1-7-17-19(16,15(5)6)13-8-9-14(12(4)10-13)18-11(2)3;1-10-8-11(2)13(12(3)9-10)14-6-4-5-7-14;;;/h4,8-11H,7H2,1-3,5-6H3;6,8-9H,4-5,7H2,1-3H3;2*1H;/q;-1;;;+2/p-2. The molecule has 9 heteroatoms. The third-order valence-corrected chi connectivity index (χ3v) is 10.0. The van der Waals surface area contributed by atoms with Crippen molar-refractivity contribution in [2.45, 2.75) is 60.5 Å². The molecule has 1 unspecified atom stereocenters. The zero-order valence-electron chi connectivity index (χ0n) is 22.6. The second-order valence-corrected chi connectivity index (χ2v) is 17.6. The number of nitrogens with zero attached hydrogens (tertiary/aromatic N) is 2. The number of aryl methyl sites for hydroxylation is 3. The van der Waals surface area contributed by atoms with E-state index in [1.807, 2.05) is 20.8 Å². The van der Waals surface area contributed by atoms with E-state index in [2.05, 4.69) is 44.3 Å². The van der Waals surface area contributed by atoms with Gasteiger partial charge in [0.25, 0.3) is 0 Å². The van der Waals surface area contributed by atoms with Crippen LogP contribution >= 0.6 is 26.9 Å². The van der Waals surface area contributed by atoms with E-state index in [1.54, 1.807) is 41.6 Å². The predicted octanol–water partition coefficient (Wildman–Crippen LogP) is 7.34. The van der Waals surface area contributed by atoms with Crippen LogP contribution in [0.3, 0.4) is 0 Å². The van der Waals surface area contributed by atoms with Crippen LogP contribution in [0.5, 0.6) is 5.75 Å². The maximum atomic E-state index is 13.1. The summed E-state index contributed by atoms with van der Waals surface area (Å²) in [6.45, 7) is 16.2. The number of halogens is 2. The summed E-state index contributed by atoms with van der Waals surface area (Å²) < 4.78 is 27.8. The van der Waals surface area contributed by atoms with Gasteiger partial charge >= 0.3 is 146 Å². The van der Waals surface area contributed by atoms with Crippen LogP contribution < -0.4 is 14.9 Å². The molecule has 2 aromatic carbocycles. The van der Waals surface area contributed by atoms with E-state index >= 15 is 0 Å². The summed E-state index contributed by atoms with van der Waals surface area (Å²) >= 11 is -2.03. The molecule has 2 aromatic rings. The summed E-state index contributed by atoms with van der Waals surface area (Å²) in [5.41, 5.74) is 6.36. The average molecular weight is 644 g/mol. The van der Waals surface area contributed by atoms with Gasteiger partial charge in [0, 0.05) is 5.69 Å². The maximum Gasteiger partial charge on any atom is 0.0130 e. The fourth-order valence-corrected chi connectivity index (χ4v) is 7.80. The van der Waals surface area contributed by atoms with Gasteiger partial charge in [-0.25, -0.2) is 6.54 Å². The minimum absolute atomic E-state index is 0.0249. The zero-order chi connectivity index (χ0) is 27.0. The van der Waals surface area contributed by atoms with E-state index in [9.17, 15) is 4.57 Å². The molecule has 1 aliphatic heterocycles. The van der Waals surface area contributed by atoms with Crippen LogP contribution in [0.1, 0.15) is 55.9 Å². The van der Waals surface area contributed by atoms with Crippen molar-refractivity contribution in [1.29, 1.82) is 0 Å². The van der Waals surface area contributed by atoms with Gasteiger partial charge < -0.3 is 4.90 Å². The van der Waals surface area contributed by atoms with Crippen LogP contribution in [-0.2, 0) is 22.6 Å². The van der Waals surface area contributed by atoms with Gasteiger partial charge in [-0.05, 0) is 38.4 Å². The number of hydrogen-bond acceptors (Lipinski definition) is 4. The van der Waals surface area contributed by atoms with Crippen LogP contribution in [0.4, 0.5) is 5.69 Å². The summed E-state index contributed by atoms with van der Waals surface area (Å²) in [6.07, 6.45) is 2.55. The molecule has 0 amide bonds. The van der Waals surface area contributed by atoms with Crippen molar-refractivity contribution in [3.05, 3.63) is 59.1 Å². The van der Waals surface area contributed by atoms with Crippen LogP contribution in [-0.4, -0.2) is 42.6 Å². The minimum atomic E-state index is -3.08. The molecular formula is C27H40Cl2N2O3PRu-. The molecular weight excluding hydrogens is 603 g/mol. The van der Waals surface area contributed by atoms with E-state index in [4.69, 9.17) is 28.6 Å². The summed E-state index contributed by atoms with van der Waals surface area (Å²) in [5.74, 6) is 0.681. The van der Waals surface area contributed by atoms with Gasteiger partial charge in [-0.3, -0.25) is 0 Å². The zero-order valence-corrected chi connectivity index (χ0v) is 26.8. The van der Waals surface area contributed by atoms with Crippen molar-refractivity contribution in [2.24, 2.45) is 0 Å². The van der Waals surface area contributed by atoms with Crippen LogP contribution in [0.2, 0.25) is 0 Å². The van der Waals surface area contributed by atoms with Gasteiger partial charge in [-0.15, -0.1) is 0 Å². The summed E-state index contributed by atoms with van der Waals surface area (Å²) in [5, 5.41) is 0.602. The number of anilines is 1. The van der Waals surface area contributed by atoms with Crippen LogP contribution in [0.25, 0.3) is 0 Å². The minimum Gasteiger partial charge on any atom is -0.522 e. The van der Waals surface area contributed by atoms with E-state index < -0.39 is 21.0 Å². The molecule has 0 aliphatic carbocycles. The van der Waals surface area contributed by atoms with Gasteiger partial charge in [0.05, 0.1) is 0 Å². The predicted molar refractivity (Wildman–Crippen MR) is 153 cm³/mol. The van der Waals surface area contributed by atoms with Crippen molar-refractivity contribution in [1.82, 2.24) is 4.67 Å². The summed E-state index contributed by atoms with van der Waals surface area (Å²) in [4.78, 5) is 2.41. The first kappa shape index (κ1) is 31.5. The number of ether oxygens (including phenoxy) is 1. The number of benzene rings is 2. The molecule has 1 fully saturated rings. The smallest absolute Gasteiger partial charge is 0.0130 e. The Bertz CT molecular complexity index is 1080. The second-order valence-electron chi connectivity index (χ2n) is 9.25. The van der Waals surface area contributed by atoms with Gasteiger partial charge in [0.15, 0.2) is 0 Å². The Labute approximate surface area is 231 Å². The Morgan fingerprint density at radius 1 is 1.17 bits per heavy atom. The fraction of sp³-hybridized carbons (Fsp3) is 0.481. The Morgan fingerprint density at radius 2 is 1.81 bits per heavy atom. The molecule has 0 bridgehead atoms. The monoisotopic (exact) mass is 643 g/mol. The molecule has 1 aliphatic rings. The molecule has 1 saturated heterocycles. The molecule has 5 nitrogen and oxygen atoms in total. The normalized spacial score (nSPS) is 15.4. The van der Waals surface area contributed by atoms with Crippen LogP contribution in [0.15, 0.2) is 30.3 Å². The fourth-order valence-electron chi connectivity index (χ4n) is 4.26. The first-order valence-corrected chi connectivity index (χ1v) is 19.2. The van der Waals surface area contributed by atoms with E-state index in [0.717, 1.165) is 5.56 Å². The molecule has 1 atom stereocenters. The molecule has 0 aromatic heterocycles. The van der Waals surface area contributed by atoms with Gasteiger partial charge in [0.2, 0.25) is 0 Å². The first-order valence-electron chi connectivity index (χ1n) is 12.1. The summed E-state index contributed by atoms with van der Waals surface area (Å²) in [6, 6.07) is 9.90. The molecule has 0 radical (unpaired) electrons. The Hall–Kier alpha value is -0.737. The first-order chi connectivity index (χ1) is 16.9.